The molecule has 192 valence electrons. The molecule has 1 aliphatic carbocycles. The Morgan fingerprint density at radius 3 is 2.83 bits per heavy atom. The number of thioether (sulfide) groups is 1. The number of halogens is 1. The second kappa shape index (κ2) is 10.7. The summed E-state index contributed by atoms with van der Waals surface area (Å²) >= 11 is 1.37. The van der Waals surface area contributed by atoms with Crippen LogP contribution in [0.15, 0.2) is 17.3 Å². The van der Waals surface area contributed by atoms with E-state index in [2.05, 4.69) is 16.8 Å². The van der Waals surface area contributed by atoms with Crippen LogP contribution in [0.5, 0.6) is 11.6 Å². The van der Waals surface area contributed by atoms with Crippen molar-refractivity contribution in [1.82, 2.24) is 15.0 Å². The van der Waals surface area contributed by atoms with Crippen molar-refractivity contribution in [2.75, 3.05) is 51.4 Å². The first-order valence-corrected chi connectivity index (χ1v) is 13.5. The van der Waals surface area contributed by atoms with Crippen LogP contribution in [-0.2, 0) is 11.2 Å². The molecule has 8 nitrogen and oxygen atoms in total. The van der Waals surface area contributed by atoms with E-state index in [0.29, 0.717) is 47.4 Å². The second-order valence-electron chi connectivity index (χ2n) is 9.10. The molecule has 3 aromatic rings. The second-order valence-corrected chi connectivity index (χ2v) is 9.88. The van der Waals surface area contributed by atoms with Crippen LogP contribution < -0.4 is 14.4 Å². The molecule has 3 heterocycles. The number of aliphatic hydroxyl groups excluding tert-OH is 1. The van der Waals surface area contributed by atoms with Crippen molar-refractivity contribution in [3.63, 3.8) is 0 Å². The number of anilines is 1. The molecular weight excluding hydrogens is 483 g/mol. The molecule has 1 unspecified atom stereocenters. The van der Waals surface area contributed by atoms with Gasteiger partial charge in [-0.2, -0.15) is 0 Å². The van der Waals surface area contributed by atoms with Crippen LogP contribution in [0.2, 0.25) is 0 Å². The van der Waals surface area contributed by atoms with Crippen molar-refractivity contribution in [1.29, 1.82) is 0 Å². The van der Waals surface area contributed by atoms with Gasteiger partial charge in [0.15, 0.2) is 17.8 Å². The lowest BCUT2D eigenvalue weighted by Crippen LogP contribution is -2.27. The highest BCUT2D eigenvalue weighted by atomic mass is 32.2. The van der Waals surface area contributed by atoms with Crippen LogP contribution in [-0.4, -0.2) is 66.5 Å². The van der Waals surface area contributed by atoms with E-state index in [1.165, 1.54) is 18.9 Å². The fourth-order valence-electron chi connectivity index (χ4n) is 5.28. The minimum atomic E-state index is -0.517. The van der Waals surface area contributed by atoms with Gasteiger partial charge in [-0.1, -0.05) is 18.7 Å². The summed E-state index contributed by atoms with van der Waals surface area (Å²) in [5.74, 6) is 1.09. The van der Waals surface area contributed by atoms with E-state index in [1.807, 2.05) is 12.3 Å². The lowest BCUT2D eigenvalue weighted by atomic mass is 9.80. The summed E-state index contributed by atoms with van der Waals surface area (Å²) in [6.45, 7) is 4.31. The molecule has 1 saturated heterocycles. The molecule has 1 aliphatic heterocycles. The topological polar surface area (TPSA) is 89.8 Å². The summed E-state index contributed by atoms with van der Waals surface area (Å²) in [5, 5.41) is 10.3. The summed E-state index contributed by atoms with van der Waals surface area (Å²) in [5.41, 5.74) is 3.15. The van der Waals surface area contributed by atoms with E-state index >= 15 is 4.39 Å². The number of nitrogens with zero attached hydrogens (tertiary/aromatic N) is 4. The molecular formula is C26H31FN4O4S. The van der Waals surface area contributed by atoms with Gasteiger partial charge in [0, 0.05) is 25.3 Å². The van der Waals surface area contributed by atoms with Gasteiger partial charge in [0.2, 0.25) is 5.88 Å². The van der Waals surface area contributed by atoms with Crippen molar-refractivity contribution in [3.8, 4) is 22.9 Å². The highest BCUT2D eigenvalue weighted by molar-refractivity contribution is 7.98. The standard InChI is InChI=1S/C26H31FN4O4S/c1-15-6-4-7-16-12-17(35-14-32)13-18(19(15)16)22-21(27)23-20(25(28-22)33-2)24(30-26(29-23)36-3)31-8-5-10-34-11-9-31/h12-13,15,32H,4-11,14H2,1-3H3. The fourth-order valence-corrected chi connectivity index (χ4v) is 5.64. The highest BCUT2D eigenvalue weighted by Gasteiger charge is 2.29. The molecule has 0 radical (unpaired) electrons. The number of pyridine rings is 1. The SMILES string of the molecule is COc1nc(-c2cc(OCO)cc3c2C(C)CCC3)c(F)c2nc(SC)nc(N3CCCOCC3)c12. The van der Waals surface area contributed by atoms with Gasteiger partial charge >= 0.3 is 0 Å². The Morgan fingerprint density at radius 1 is 1.19 bits per heavy atom. The van der Waals surface area contributed by atoms with Gasteiger partial charge < -0.3 is 24.2 Å². The van der Waals surface area contributed by atoms with Gasteiger partial charge in [-0.15, -0.1) is 0 Å². The predicted octanol–water partition coefficient (Wildman–Crippen LogP) is 4.56. The summed E-state index contributed by atoms with van der Waals surface area (Å²) in [7, 11) is 1.53. The van der Waals surface area contributed by atoms with Gasteiger partial charge in [0.05, 0.1) is 13.7 Å². The normalized spacial score (nSPS) is 18.1. The molecule has 1 aromatic carbocycles. The number of benzene rings is 1. The molecule has 0 spiro atoms. The zero-order valence-corrected chi connectivity index (χ0v) is 21.7. The van der Waals surface area contributed by atoms with Gasteiger partial charge in [-0.25, -0.2) is 19.3 Å². The van der Waals surface area contributed by atoms with Gasteiger partial charge in [-0.3, -0.25) is 0 Å². The number of methoxy groups -OCH3 is 1. The van der Waals surface area contributed by atoms with Crippen LogP contribution in [0.4, 0.5) is 10.2 Å². The number of aliphatic hydroxyl groups is 1. The van der Waals surface area contributed by atoms with Crippen LogP contribution >= 0.6 is 11.8 Å². The lowest BCUT2D eigenvalue weighted by Gasteiger charge is -2.27. The molecule has 1 N–H and O–H groups in total. The van der Waals surface area contributed by atoms with E-state index in [1.54, 1.807) is 6.07 Å². The quantitative estimate of drug-likeness (QED) is 0.289. The van der Waals surface area contributed by atoms with E-state index in [4.69, 9.17) is 24.2 Å². The Bertz CT molecular complexity index is 1270. The van der Waals surface area contributed by atoms with Crippen LogP contribution in [0.25, 0.3) is 22.2 Å². The molecule has 1 fully saturated rings. The first kappa shape index (κ1) is 25.0. The third kappa shape index (κ3) is 4.57. The van der Waals surface area contributed by atoms with Gasteiger partial charge in [0.25, 0.3) is 0 Å². The minimum absolute atomic E-state index is 0.170. The number of hydrogen-bond donors (Lipinski definition) is 1. The van der Waals surface area contributed by atoms with Gasteiger partial charge in [0.1, 0.15) is 28.2 Å². The molecule has 1 atom stereocenters. The minimum Gasteiger partial charge on any atom is -0.480 e. The van der Waals surface area contributed by atoms with Crippen molar-refractivity contribution >= 4 is 28.5 Å². The van der Waals surface area contributed by atoms with Crippen molar-refractivity contribution in [2.45, 2.75) is 43.7 Å². The molecule has 0 saturated carbocycles. The summed E-state index contributed by atoms with van der Waals surface area (Å²) in [4.78, 5) is 16.1. The summed E-state index contributed by atoms with van der Waals surface area (Å²) in [6.07, 6.45) is 5.63. The maximum atomic E-state index is 16.5. The maximum Gasteiger partial charge on any atom is 0.227 e. The highest BCUT2D eigenvalue weighted by Crippen LogP contribution is 2.44. The average molecular weight is 515 g/mol. The first-order chi connectivity index (χ1) is 17.5. The van der Waals surface area contributed by atoms with Gasteiger partial charge in [-0.05, 0) is 61.1 Å². The Hall–Kier alpha value is -2.69. The van der Waals surface area contributed by atoms with E-state index in [9.17, 15) is 5.11 Å². The number of rotatable bonds is 6. The Balaban J connectivity index is 1.78. The zero-order valence-electron chi connectivity index (χ0n) is 20.8. The third-order valence-corrected chi connectivity index (χ3v) is 7.46. The number of aryl methyl sites for hydroxylation is 1. The van der Waals surface area contributed by atoms with E-state index in [-0.39, 0.29) is 23.0 Å². The lowest BCUT2D eigenvalue weighted by molar-refractivity contribution is 0.0985. The largest absolute Gasteiger partial charge is 0.480 e. The van der Waals surface area contributed by atoms with E-state index < -0.39 is 12.6 Å². The number of ether oxygens (including phenoxy) is 3. The van der Waals surface area contributed by atoms with Crippen LogP contribution in [0.1, 0.15) is 43.2 Å². The molecule has 36 heavy (non-hydrogen) atoms. The molecule has 0 amide bonds. The first-order valence-electron chi connectivity index (χ1n) is 12.3. The van der Waals surface area contributed by atoms with E-state index in [0.717, 1.165) is 43.4 Å². The average Bonchev–Trinajstić information content (AvgIpc) is 3.18. The van der Waals surface area contributed by atoms with Crippen molar-refractivity contribution < 1.29 is 23.7 Å². The Labute approximate surface area is 214 Å². The maximum absolute atomic E-state index is 16.5. The zero-order chi connectivity index (χ0) is 25.2. The molecule has 2 aliphatic rings. The fraction of sp³-hybridized carbons (Fsp3) is 0.500. The van der Waals surface area contributed by atoms with Crippen molar-refractivity contribution in [2.24, 2.45) is 0 Å². The number of hydrogen-bond acceptors (Lipinski definition) is 9. The smallest absolute Gasteiger partial charge is 0.227 e. The molecule has 0 bridgehead atoms. The summed E-state index contributed by atoms with van der Waals surface area (Å²) < 4.78 is 33.3. The third-order valence-electron chi connectivity index (χ3n) is 6.91. The van der Waals surface area contributed by atoms with Crippen molar-refractivity contribution in [3.05, 3.63) is 29.1 Å². The Kier molecular flexibility index (Phi) is 7.45. The number of fused-ring (bicyclic) bond motifs is 2. The van der Waals surface area contributed by atoms with Crippen LogP contribution in [0, 0.1) is 5.82 Å². The molecule has 10 heteroatoms. The predicted molar refractivity (Wildman–Crippen MR) is 138 cm³/mol. The van der Waals surface area contributed by atoms with Crippen LogP contribution in [0.3, 0.4) is 0 Å². The summed E-state index contributed by atoms with van der Waals surface area (Å²) in [6, 6.07) is 3.70. The Morgan fingerprint density at radius 2 is 2.06 bits per heavy atom. The number of aromatic nitrogens is 3. The molecule has 5 rings (SSSR count). The monoisotopic (exact) mass is 514 g/mol. The molecule has 2 aromatic heterocycles.